The molecule has 0 unspecified atom stereocenters. The molecule has 1 rings (SSSR count). The first-order valence-corrected chi connectivity index (χ1v) is 6.83. The van der Waals surface area contributed by atoms with Crippen LogP contribution >= 0.6 is 0 Å². The number of ether oxygens (including phenoxy) is 1. The second-order valence-electron chi connectivity index (χ2n) is 5.09. The Morgan fingerprint density at radius 2 is 1.94 bits per heavy atom. The topological polar surface area (TPSA) is 53.3 Å². The smallest absolute Gasteiger partial charge is 0.243 e. The standard InChI is InChI=1S/C14H24N2O2/c1-4-14(5-2,11-15)13(17)16-8-6-12(7-9-16)10-18-3/h12H,4-10H2,1-3H3. The molecule has 0 saturated carbocycles. The zero-order valence-electron chi connectivity index (χ0n) is 11.7. The van der Waals surface area contributed by atoms with Gasteiger partial charge in [-0.15, -0.1) is 0 Å². The predicted molar refractivity (Wildman–Crippen MR) is 69.8 cm³/mol. The fraction of sp³-hybridized carbons (Fsp3) is 0.857. The molecule has 1 aliphatic heterocycles. The summed E-state index contributed by atoms with van der Waals surface area (Å²) in [6, 6.07) is 2.23. The maximum absolute atomic E-state index is 12.5. The molecule has 1 heterocycles. The Hall–Kier alpha value is -1.08. The molecule has 1 amide bonds. The summed E-state index contributed by atoms with van der Waals surface area (Å²) in [6.07, 6.45) is 3.15. The number of methoxy groups -OCH3 is 1. The molecular formula is C14H24N2O2. The molecule has 1 fully saturated rings. The van der Waals surface area contributed by atoms with Crippen molar-refractivity contribution in [1.82, 2.24) is 4.90 Å². The number of amides is 1. The summed E-state index contributed by atoms with van der Waals surface area (Å²) in [5.41, 5.74) is -0.811. The van der Waals surface area contributed by atoms with Crippen LogP contribution in [0.25, 0.3) is 0 Å². The van der Waals surface area contributed by atoms with Gasteiger partial charge in [-0.2, -0.15) is 5.26 Å². The second kappa shape index (κ2) is 6.75. The van der Waals surface area contributed by atoms with Crippen molar-refractivity contribution in [2.24, 2.45) is 11.3 Å². The first kappa shape index (κ1) is 15.0. The highest BCUT2D eigenvalue weighted by Crippen LogP contribution is 2.30. The highest BCUT2D eigenvalue weighted by molar-refractivity contribution is 5.85. The van der Waals surface area contributed by atoms with Gasteiger partial charge in [-0.05, 0) is 31.6 Å². The highest BCUT2D eigenvalue weighted by Gasteiger charge is 2.39. The van der Waals surface area contributed by atoms with Crippen molar-refractivity contribution in [3.63, 3.8) is 0 Å². The van der Waals surface area contributed by atoms with Crippen LogP contribution in [0.3, 0.4) is 0 Å². The molecule has 0 radical (unpaired) electrons. The third-order valence-corrected chi connectivity index (χ3v) is 4.13. The van der Waals surface area contributed by atoms with Crippen molar-refractivity contribution in [1.29, 1.82) is 5.26 Å². The van der Waals surface area contributed by atoms with Crippen LogP contribution < -0.4 is 0 Å². The first-order chi connectivity index (χ1) is 8.63. The van der Waals surface area contributed by atoms with Crippen molar-refractivity contribution in [3.05, 3.63) is 0 Å². The van der Waals surface area contributed by atoms with E-state index in [1.807, 2.05) is 18.7 Å². The summed E-state index contributed by atoms with van der Waals surface area (Å²) in [5, 5.41) is 9.30. The Kier molecular flexibility index (Phi) is 5.61. The van der Waals surface area contributed by atoms with E-state index in [4.69, 9.17) is 4.74 Å². The monoisotopic (exact) mass is 252 g/mol. The van der Waals surface area contributed by atoms with E-state index in [0.717, 1.165) is 32.5 Å². The van der Waals surface area contributed by atoms with Crippen LogP contribution in [0, 0.1) is 22.7 Å². The van der Waals surface area contributed by atoms with Gasteiger partial charge in [-0.3, -0.25) is 4.79 Å². The van der Waals surface area contributed by atoms with Gasteiger partial charge in [0.05, 0.1) is 6.07 Å². The van der Waals surface area contributed by atoms with E-state index in [0.29, 0.717) is 18.8 Å². The molecule has 4 heteroatoms. The summed E-state index contributed by atoms with van der Waals surface area (Å²) >= 11 is 0. The summed E-state index contributed by atoms with van der Waals surface area (Å²) in [7, 11) is 1.71. The Balaban J connectivity index is 2.62. The van der Waals surface area contributed by atoms with Gasteiger partial charge in [0, 0.05) is 26.8 Å². The van der Waals surface area contributed by atoms with Crippen molar-refractivity contribution in [2.45, 2.75) is 39.5 Å². The van der Waals surface area contributed by atoms with E-state index in [-0.39, 0.29) is 5.91 Å². The predicted octanol–water partition coefficient (Wildman–Crippen LogP) is 2.20. The van der Waals surface area contributed by atoms with Gasteiger partial charge < -0.3 is 9.64 Å². The van der Waals surface area contributed by atoms with Crippen molar-refractivity contribution in [3.8, 4) is 6.07 Å². The highest BCUT2D eigenvalue weighted by atomic mass is 16.5. The number of hydrogen-bond acceptors (Lipinski definition) is 3. The number of piperidine rings is 1. The SMILES string of the molecule is CCC(C#N)(CC)C(=O)N1CCC(COC)CC1. The fourth-order valence-electron chi connectivity index (χ4n) is 2.60. The zero-order chi connectivity index (χ0) is 13.6. The Bertz CT molecular complexity index is 310. The number of likely N-dealkylation sites (tertiary alicyclic amines) is 1. The number of nitriles is 1. The Morgan fingerprint density at radius 1 is 1.39 bits per heavy atom. The average Bonchev–Trinajstić information content (AvgIpc) is 2.42. The largest absolute Gasteiger partial charge is 0.384 e. The van der Waals surface area contributed by atoms with Gasteiger partial charge in [0.1, 0.15) is 5.41 Å². The lowest BCUT2D eigenvalue weighted by Crippen LogP contribution is -2.47. The average molecular weight is 252 g/mol. The lowest BCUT2D eigenvalue weighted by Gasteiger charge is -2.36. The number of hydrogen-bond donors (Lipinski definition) is 0. The van der Waals surface area contributed by atoms with Crippen LogP contribution in [0.2, 0.25) is 0 Å². The van der Waals surface area contributed by atoms with E-state index in [1.165, 1.54) is 0 Å². The van der Waals surface area contributed by atoms with Gasteiger partial charge in [0.15, 0.2) is 0 Å². The molecule has 1 aliphatic rings. The minimum absolute atomic E-state index is 0.0193. The minimum atomic E-state index is -0.811. The normalized spacial score (nSPS) is 17.6. The molecule has 0 spiro atoms. The molecule has 18 heavy (non-hydrogen) atoms. The van der Waals surface area contributed by atoms with Crippen molar-refractivity contribution < 1.29 is 9.53 Å². The van der Waals surface area contributed by atoms with Gasteiger partial charge >= 0.3 is 0 Å². The fourth-order valence-corrected chi connectivity index (χ4v) is 2.60. The van der Waals surface area contributed by atoms with Crippen LogP contribution in [0.5, 0.6) is 0 Å². The summed E-state index contributed by atoms with van der Waals surface area (Å²) in [4.78, 5) is 14.3. The maximum Gasteiger partial charge on any atom is 0.243 e. The summed E-state index contributed by atoms with van der Waals surface area (Å²) in [6.45, 7) is 6.13. The lowest BCUT2D eigenvalue weighted by atomic mass is 9.81. The molecule has 0 atom stereocenters. The third-order valence-electron chi connectivity index (χ3n) is 4.13. The zero-order valence-corrected chi connectivity index (χ0v) is 11.7. The molecule has 0 aromatic carbocycles. The van der Waals surface area contributed by atoms with Crippen molar-refractivity contribution >= 4 is 5.91 Å². The molecular weight excluding hydrogens is 228 g/mol. The second-order valence-corrected chi connectivity index (χ2v) is 5.09. The first-order valence-electron chi connectivity index (χ1n) is 6.83. The maximum atomic E-state index is 12.5. The molecule has 1 saturated heterocycles. The number of rotatable bonds is 5. The van der Waals surface area contributed by atoms with E-state index in [2.05, 4.69) is 6.07 Å². The molecule has 0 bridgehead atoms. The van der Waals surface area contributed by atoms with Crippen LogP contribution in [-0.4, -0.2) is 37.6 Å². The molecule has 0 N–H and O–H groups in total. The van der Waals surface area contributed by atoms with Crippen LogP contribution in [0.15, 0.2) is 0 Å². The molecule has 0 aromatic rings. The number of nitrogens with zero attached hydrogens (tertiary/aromatic N) is 2. The van der Waals surface area contributed by atoms with Gasteiger partial charge in [-0.25, -0.2) is 0 Å². The van der Waals surface area contributed by atoms with Crippen molar-refractivity contribution in [2.75, 3.05) is 26.8 Å². The Morgan fingerprint density at radius 3 is 2.33 bits per heavy atom. The number of carbonyl (C=O) groups is 1. The third kappa shape index (κ3) is 3.02. The molecule has 4 nitrogen and oxygen atoms in total. The van der Waals surface area contributed by atoms with Crippen LogP contribution in [-0.2, 0) is 9.53 Å². The van der Waals surface area contributed by atoms with Gasteiger partial charge in [0.2, 0.25) is 5.91 Å². The van der Waals surface area contributed by atoms with Crippen LogP contribution in [0.1, 0.15) is 39.5 Å². The molecule has 102 valence electrons. The number of carbonyl (C=O) groups excluding carboxylic acids is 1. The lowest BCUT2D eigenvalue weighted by molar-refractivity contribution is -0.141. The quantitative estimate of drug-likeness (QED) is 0.753. The van der Waals surface area contributed by atoms with Gasteiger partial charge in [-0.1, -0.05) is 13.8 Å². The summed E-state index contributed by atoms with van der Waals surface area (Å²) in [5.74, 6) is 0.574. The molecule has 0 aliphatic carbocycles. The van der Waals surface area contributed by atoms with E-state index in [1.54, 1.807) is 7.11 Å². The van der Waals surface area contributed by atoms with E-state index >= 15 is 0 Å². The molecule has 0 aromatic heterocycles. The minimum Gasteiger partial charge on any atom is -0.384 e. The van der Waals surface area contributed by atoms with Gasteiger partial charge in [0.25, 0.3) is 0 Å². The summed E-state index contributed by atoms with van der Waals surface area (Å²) < 4.78 is 5.15. The Labute approximate surface area is 110 Å². The van der Waals surface area contributed by atoms with Crippen LogP contribution in [0.4, 0.5) is 0 Å². The van der Waals surface area contributed by atoms with E-state index < -0.39 is 5.41 Å². The van der Waals surface area contributed by atoms with E-state index in [9.17, 15) is 10.1 Å².